The van der Waals surface area contributed by atoms with Crippen molar-refractivity contribution in [1.29, 1.82) is 0 Å². The van der Waals surface area contributed by atoms with Crippen LogP contribution in [0.25, 0.3) is 0 Å². The molecule has 1 unspecified atom stereocenters. The maximum absolute atomic E-state index is 13.1. The Bertz CT molecular complexity index is 707. The minimum Gasteiger partial charge on any atom is -0.434 e. The van der Waals surface area contributed by atoms with Crippen LogP contribution in [0, 0.1) is 5.82 Å². The zero-order chi connectivity index (χ0) is 17.1. The Balaban J connectivity index is 1.86. The van der Waals surface area contributed by atoms with Crippen LogP contribution in [0.3, 0.4) is 0 Å². The largest absolute Gasteiger partial charge is 0.434 e. The molecule has 8 heteroatoms. The van der Waals surface area contributed by atoms with Gasteiger partial charge in [-0.05, 0) is 29.8 Å². The molecule has 0 saturated carbocycles. The van der Waals surface area contributed by atoms with Gasteiger partial charge in [0.25, 0.3) is 5.91 Å². The summed E-state index contributed by atoms with van der Waals surface area (Å²) in [5.41, 5.74) is 1.16. The summed E-state index contributed by atoms with van der Waals surface area (Å²) >= 11 is 5.89. The molecule has 1 aliphatic heterocycles. The molecule has 0 radical (unpaired) electrons. The van der Waals surface area contributed by atoms with Crippen molar-refractivity contribution < 1.29 is 18.7 Å². The van der Waals surface area contributed by atoms with Gasteiger partial charge in [-0.3, -0.25) is 9.78 Å². The predicted octanol–water partition coefficient (Wildman–Crippen LogP) is 2.19. The van der Waals surface area contributed by atoms with Crippen LogP contribution in [0.2, 0.25) is 5.02 Å². The molecule has 124 valence electrons. The van der Waals surface area contributed by atoms with Crippen molar-refractivity contribution >= 4 is 23.6 Å². The Hall–Kier alpha value is -2.67. The van der Waals surface area contributed by atoms with E-state index in [-0.39, 0.29) is 6.54 Å². The summed E-state index contributed by atoms with van der Waals surface area (Å²) in [6.45, 7) is 0.0921. The highest BCUT2D eigenvalue weighted by molar-refractivity contribution is 6.30. The van der Waals surface area contributed by atoms with E-state index in [0.29, 0.717) is 16.3 Å². The molecular formula is C16H13ClFN3O3. The molecule has 2 heterocycles. The van der Waals surface area contributed by atoms with E-state index >= 15 is 0 Å². The van der Waals surface area contributed by atoms with E-state index in [1.165, 1.54) is 12.1 Å². The Kier molecular flexibility index (Phi) is 4.61. The van der Waals surface area contributed by atoms with Crippen LogP contribution in [-0.2, 0) is 9.53 Å². The van der Waals surface area contributed by atoms with Crippen molar-refractivity contribution in [3.8, 4) is 0 Å². The van der Waals surface area contributed by atoms with E-state index in [9.17, 15) is 14.0 Å². The van der Waals surface area contributed by atoms with Gasteiger partial charge in [0.2, 0.25) is 0 Å². The smallest absolute Gasteiger partial charge is 0.408 e. The van der Waals surface area contributed by atoms with Crippen molar-refractivity contribution in [3.05, 3.63) is 64.7 Å². The average Bonchev–Trinajstić information content (AvgIpc) is 3.01. The fraction of sp³-hybridized carbons (Fsp3) is 0.188. The van der Waals surface area contributed by atoms with Crippen LogP contribution in [-0.4, -0.2) is 29.6 Å². The molecule has 2 atom stereocenters. The number of carbonyl (C=O) groups is 2. The van der Waals surface area contributed by atoms with Gasteiger partial charge in [0, 0.05) is 5.02 Å². The first-order valence-corrected chi connectivity index (χ1v) is 7.52. The van der Waals surface area contributed by atoms with Crippen molar-refractivity contribution in [1.82, 2.24) is 15.6 Å². The number of halogens is 2. The summed E-state index contributed by atoms with van der Waals surface area (Å²) in [6, 6.07) is 8.93. The lowest BCUT2D eigenvalue weighted by atomic mass is 10.0. The lowest BCUT2D eigenvalue weighted by Crippen LogP contribution is -2.39. The lowest BCUT2D eigenvalue weighted by Gasteiger charge is -2.20. The summed E-state index contributed by atoms with van der Waals surface area (Å²) in [5, 5.41) is 5.73. The molecule has 24 heavy (non-hydrogen) atoms. The van der Waals surface area contributed by atoms with Crippen LogP contribution < -0.4 is 10.6 Å². The monoisotopic (exact) mass is 349 g/mol. The molecule has 1 aromatic heterocycles. The van der Waals surface area contributed by atoms with Gasteiger partial charge in [0.1, 0.15) is 5.82 Å². The Labute approximate surface area is 142 Å². The number of aromatic nitrogens is 1. The third-order valence-corrected chi connectivity index (χ3v) is 3.76. The second-order valence-corrected chi connectivity index (χ2v) is 5.61. The standard InChI is InChI=1S/C16H13ClFN3O3/c17-10-3-1-9(2-4-10)14(12-6-5-11(18)7-19-12)21-15(22)13-8-20-16(23)24-13/h1-7,13-14H,8H2,(H,20,23)(H,21,22)/t13-,14?/m0/s1. The number of rotatable bonds is 4. The lowest BCUT2D eigenvalue weighted by molar-refractivity contribution is -0.128. The fourth-order valence-electron chi connectivity index (χ4n) is 2.31. The molecule has 1 saturated heterocycles. The maximum atomic E-state index is 13.1. The van der Waals surface area contributed by atoms with Crippen LogP contribution in [0.4, 0.5) is 9.18 Å². The van der Waals surface area contributed by atoms with Gasteiger partial charge in [0.15, 0.2) is 6.10 Å². The number of amides is 2. The summed E-state index contributed by atoms with van der Waals surface area (Å²) in [7, 11) is 0. The summed E-state index contributed by atoms with van der Waals surface area (Å²) in [6.07, 6.45) is -0.493. The average molecular weight is 350 g/mol. The number of cyclic esters (lactones) is 1. The highest BCUT2D eigenvalue weighted by atomic mass is 35.5. The summed E-state index contributed by atoms with van der Waals surface area (Å²) in [4.78, 5) is 27.4. The highest BCUT2D eigenvalue weighted by Crippen LogP contribution is 2.23. The second kappa shape index (κ2) is 6.84. The van der Waals surface area contributed by atoms with Crippen LogP contribution >= 0.6 is 11.6 Å². The van der Waals surface area contributed by atoms with Gasteiger partial charge >= 0.3 is 6.09 Å². The van der Waals surface area contributed by atoms with Crippen molar-refractivity contribution in [2.45, 2.75) is 12.1 Å². The molecule has 1 aliphatic rings. The number of nitrogens with one attached hydrogen (secondary N) is 2. The van der Waals surface area contributed by atoms with Gasteiger partial charge in [0.05, 0.1) is 24.5 Å². The van der Waals surface area contributed by atoms with Crippen LogP contribution in [0.5, 0.6) is 0 Å². The highest BCUT2D eigenvalue weighted by Gasteiger charge is 2.31. The van der Waals surface area contributed by atoms with Gasteiger partial charge in [-0.15, -0.1) is 0 Å². The molecular weight excluding hydrogens is 337 g/mol. The number of alkyl carbamates (subject to hydrolysis) is 1. The molecule has 0 aliphatic carbocycles. The number of ether oxygens (including phenoxy) is 1. The van der Waals surface area contributed by atoms with E-state index in [1.807, 2.05) is 0 Å². The zero-order valence-corrected chi connectivity index (χ0v) is 13.1. The third kappa shape index (κ3) is 3.62. The topological polar surface area (TPSA) is 80.3 Å². The minimum atomic E-state index is -0.923. The van der Waals surface area contributed by atoms with Gasteiger partial charge < -0.3 is 15.4 Å². The van der Waals surface area contributed by atoms with E-state index < -0.39 is 30.0 Å². The molecule has 6 nitrogen and oxygen atoms in total. The first-order valence-electron chi connectivity index (χ1n) is 7.15. The molecule has 1 fully saturated rings. The summed E-state index contributed by atoms with van der Waals surface area (Å²) < 4.78 is 18.0. The number of hydrogen-bond acceptors (Lipinski definition) is 4. The molecule has 0 bridgehead atoms. The molecule has 2 N–H and O–H groups in total. The van der Waals surface area contributed by atoms with Gasteiger partial charge in [-0.1, -0.05) is 23.7 Å². The van der Waals surface area contributed by atoms with Crippen molar-refractivity contribution in [2.75, 3.05) is 6.54 Å². The van der Waals surface area contributed by atoms with E-state index in [2.05, 4.69) is 15.6 Å². The number of carbonyl (C=O) groups excluding carboxylic acids is 2. The first-order chi connectivity index (χ1) is 11.5. The fourth-order valence-corrected chi connectivity index (χ4v) is 2.44. The maximum Gasteiger partial charge on any atom is 0.408 e. The predicted molar refractivity (Wildman–Crippen MR) is 83.9 cm³/mol. The Morgan fingerprint density at radius 2 is 2.08 bits per heavy atom. The SMILES string of the molecule is O=C1NC[C@@H](C(=O)NC(c2ccc(Cl)cc2)c2ccc(F)cn2)O1. The Morgan fingerprint density at radius 1 is 1.33 bits per heavy atom. The first kappa shape index (κ1) is 16.2. The van der Waals surface area contributed by atoms with E-state index in [0.717, 1.165) is 6.20 Å². The molecule has 2 amide bonds. The number of hydrogen-bond donors (Lipinski definition) is 2. The van der Waals surface area contributed by atoms with Crippen LogP contribution in [0.1, 0.15) is 17.3 Å². The van der Waals surface area contributed by atoms with E-state index in [4.69, 9.17) is 16.3 Å². The van der Waals surface area contributed by atoms with Crippen LogP contribution in [0.15, 0.2) is 42.6 Å². The molecule has 3 rings (SSSR count). The number of nitrogens with zero attached hydrogens (tertiary/aromatic N) is 1. The minimum absolute atomic E-state index is 0.0921. The summed E-state index contributed by atoms with van der Waals surface area (Å²) in [5.74, 6) is -0.951. The molecule has 1 aromatic carbocycles. The normalized spacial score (nSPS) is 17.8. The zero-order valence-electron chi connectivity index (χ0n) is 12.3. The van der Waals surface area contributed by atoms with Crippen molar-refractivity contribution in [2.24, 2.45) is 0 Å². The Morgan fingerprint density at radius 3 is 2.67 bits per heavy atom. The number of pyridine rings is 1. The molecule has 0 spiro atoms. The van der Waals surface area contributed by atoms with Crippen molar-refractivity contribution in [3.63, 3.8) is 0 Å². The second-order valence-electron chi connectivity index (χ2n) is 5.17. The number of benzene rings is 1. The van der Waals surface area contributed by atoms with Gasteiger partial charge in [-0.25, -0.2) is 9.18 Å². The third-order valence-electron chi connectivity index (χ3n) is 3.51. The molecule has 2 aromatic rings. The van der Waals surface area contributed by atoms with Gasteiger partial charge in [-0.2, -0.15) is 0 Å². The van der Waals surface area contributed by atoms with E-state index in [1.54, 1.807) is 24.3 Å². The quantitative estimate of drug-likeness (QED) is 0.886.